The summed E-state index contributed by atoms with van der Waals surface area (Å²) < 4.78 is 5.77. The van der Waals surface area contributed by atoms with Gasteiger partial charge in [-0.15, -0.1) is 0 Å². The lowest BCUT2D eigenvalue weighted by Crippen LogP contribution is -1.99. The largest absolute Gasteiger partial charge is 0.493 e. The maximum Gasteiger partial charge on any atom is 0.122 e. The Morgan fingerprint density at radius 2 is 1.75 bits per heavy atom. The molecule has 90 valence electrons. The van der Waals surface area contributed by atoms with E-state index in [4.69, 9.17) is 4.74 Å². The molecule has 0 spiro atoms. The van der Waals surface area contributed by atoms with Crippen LogP contribution in [-0.4, -0.2) is 6.61 Å². The molecule has 1 nitrogen and oxygen atoms in total. The van der Waals surface area contributed by atoms with Gasteiger partial charge in [0, 0.05) is 0 Å². The Kier molecular flexibility index (Phi) is 5.99. The first-order valence-corrected chi connectivity index (χ1v) is 6.44. The standard InChI is InChI=1S/C15H24O/c1-4-5-6-7-8-11-16-15-10-9-13(2)12-14(15)3/h9-10,12H,4-8,11H2,1-3H3. The Morgan fingerprint density at radius 1 is 1.00 bits per heavy atom. The number of benzene rings is 1. The Labute approximate surface area is 99.8 Å². The summed E-state index contributed by atoms with van der Waals surface area (Å²) in [4.78, 5) is 0. The summed E-state index contributed by atoms with van der Waals surface area (Å²) in [5.41, 5.74) is 2.54. The van der Waals surface area contributed by atoms with E-state index in [2.05, 4.69) is 39.0 Å². The summed E-state index contributed by atoms with van der Waals surface area (Å²) >= 11 is 0. The normalized spacial score (nSPS) is 10.4. The van der Waals surface area contributed by atoms with Crippen molar-refractivity contribution in [3.63, 3.8) is 0 Å². The van der Waals surface area contributed by atoms with Crippen LogP contribution in [-0.2, 0) is 0 Å². The average molecular weight is 220 g/mol. The van der Waals surface area contributed by atoms with Gasteiger partial charge in [-0.25, -0.2) is 0 Å². The second-order valence-electron chi connectivity index (χ2n) is 4.53. The molecule has 0 fully saturated rings. The van der Waals surface area contributed by atoms with Crippen molar-refractivity contribution in [2.24, 2.45) is 0 Å². The molecule has 0 unspecified atom stereocenters. The van der Waals surface area contributed by atoms with Gasteiger partial charge in [-0.2, -0.15) is 0 Å². The molecule has 0 saturated heterocycles. The van der Waals surface area contributed by atoms with E-state index in [0.29, 0.717) is 0 Å². The topological polar surface area (TPSA) is 9.23 Å². The third-order valence-corrected chi connectivity index (χ3v) is 2.84. The highest BCUT2D eigenvalue weighted by molar-refractivity contribution is 5.35. The van der Waals surface area contributed by atoms with Crippen LogP contribution in [0.25, 0.3) is 0 Å². The van der Waals surface area contributed by atoms with Gasteiger partial charge in [0.05, 0.1) is 6.61 Å². The molecule has 0 bridgehead atoms. The second-order valence-corrected chi connectivity index (χ2v) is 4.53. The molecule has 1 heteroatoms. The molecular formula is C15H24O. The number of ether oxygens (including phenoxy) is 1. The molecule has 16 heavy (non-hydrogen) atoms. The molecule has 0 aliphatic carbocycles. The Morgan fingerprint density at radius 3 is 2.44 bits per heavy atom. The zero-order valence-electron chi connectivity index (χ0n) is 10.9. The van der Waals surface area contributed by atoms with E-state index in [-0.39, 0.29) is 0 Å². The zero-order valence-corrected chi connectivity index (χ0v) is 10.9. The van der Waals surface area contributed by atoms with Crippen LogP contribution in [0.5, 0.6) is 5.75 Å². The quantitative estimate of drug-likeness (QED) is 0.608. The van der Waals surface area contributed by atoms with E-state index in [9.17, 15) is 0 Å². The lowest BCUT2D eigenvalue weighted by atomic mass is 10.1. The van der Waals surface area contributed by atoms with E-state index in [1.165, 1.54) is 43.2 Å². The molecule has 0 N–H and O–H groups in total. The van der Waals surface area contributed by atoms with Gasteiger partial charge in [-0.1, -0.05) is 50.3 Å². The Bertz CT molecular complexity index is 304. The highest BCUT2D eigenvalue weighted by Crippen LogP contribution is 2.19. The van der Waals surface area contributed by atoms with Crippen molar-refractivity contribution in [1.82, 2.24) is 0 Å². The van der Waals surface area contributed by atoms with Crippen molar-refractivity contribution in [2.45, 2.75) is 52.9 Å². The van der Waals surface area contributed by atoms with E-state index in [0.717, 1.165) is 12.4 Å². The first-order chi connectivity index (χ1) is 7.74. The van der Waals surface area contributed by atoms with Crippen LogP contribution in [0.1, 0.15) is 50.2 Å². The Hall–Kier alpha value is -0.980. The van der Waals surface area contributed by atoms with Crippen molar-refractivity contribution in [3.8, 4) is 5.75 Å². The van der Waals surface area contributed by atoms with Gasteiger partial charge in [0.15, 0.2) is 0 Å². The number of hydrogen-bond acceptors (Lipinski definition) is 1. The summed E-state index contributed by atoms with van der Waals surface area (Å²) in [7, 11) is 0. The van der Waals surface area contributed by atoms with Crippen LogP contribution >= 0.6 is 0 Å². The SMILES string of the molecule is CCCCCCCOc1ccc(C)cc1C. The highest BCUT2D eigenvalue weighted by Gasteiger charge is 1.98. The number of rotatable bonds is 7. The second kappa shape index (κ2) is 7.32. The van der Waals surface area contributed by atoms with Crippen molar-refractivity contribution < 1.29 is 4.74 Å². The molecule has 0 aliphatic rings. The molecular weight excluding hydrogens is 196 g/mol. The third-order valence-electron chi connectivity index (χ3n) is 2.84. The lowest BCUT2D eigenvalue weighted by Gasteiger charge is -2.09. The van der Waals surface area contributed by atoms with E-state index in [1.807, 2.05) is 0 Å². The van der Waals surface area contributed by atoms with Crippen LogP contribution in [0, 0.1) is 13.8 Å². The van der Waals surface area contributed by atoms with E-state index < -0.39 is 0 Å². The predicted octanol–water partition coefficient (Wildman–Crippen LogP) is 4.65. The highest BCUT2D eigenvalue weighted by atomic mass is 16.5. The monoisotopic (exact) mass is 220 g/mol. The fourth-order valence-corrected chi connectivity index (χ4v) is 1.85. The van der Waals surface area contributed by atoms with Gasteiger partial charge in [-0.05, 0) is 31.9 Å². The van der Waals surface area contributed by atoms with Gasteiger partial charge in [0.2, 0.25) is 0 Å². The maximum atomic E-state index is 5.77. The van der Waals surface area contributed by atoms with Crippen LogP contribution in [0.4, 0.5) is 0 Å². The fourth-order valence-electron chi connectivity index (χ4n) is 1.85. The average Bonchev–Trinajstić information content (AvgIpc) is 2.26. The van der Waals surface area contributed by atoms with Gasteiger partial charge in [-0.3, -0.25) is 0 Å². The van der Waals surface area contributed by atoms with Gasteiger partial charge in [0.1, 0.15) is 5.75 Å². The van der Waals surface area contributed by atoms with Crippen molar-refractivity contribution in [2.75, 3.05) is 6.61 Å². The summed E-state index contributed by atoms with van der Waals surface area (Å²) in [5, 5.41) is 0. The van der Waals surface area contributed by atoms with Crippen LogP contribution < -0.4 is 4.74 Å². The maximum absolute atomic E-state index is 5.77. The Balaban J connectivity index is 2.21. The predicted molar refractivity (Wildman–Crippen MR) is 70.2 cm³/mol. The number of hydrogen-bond donors (Lipinski definition) is 0. The van der Waals surface area contributed by atoms with Crippen LogP contribution in [0.15, 0.2) is 18.2 Å². The lowest BCUT2D eigenvalue weighted by molar-refractivity contribution is 0.302. The minimum Gasteiger partial charge on any atom is -0.493 e. The molecule has 0 atom stereocenters. The first kappa shape index (κ1) is 13.1. The molecule has 0 amide bonds. The minimum atomic E-state index is 0.855. The fraction of sp³-hybridized carbons (Fsp3) is 0.600. The molecule has 0 radical (unpaired) electrons. The summed E-state index contributed by atoms with van der Waals surface area (Å²) in [6, 6.07) is 6.36. The molecule has 0 aromatic heterocycles. The van der Waals surface area contributed by atoms with Crippen molar-refractivity contribution in [3.05, 3.63) is 29.3 Å². The van der Waals surface area contributed by atoms with Crippen molar-refractivity contribution >= 4 is 0 Å². The molecule has 0 heterocycles. The van der Waals surface area contributed by atoms with Gasteiger partial charge >= 0.3 is 0 Å². The van der Waals surface area contributed by atoms with Gasteiger partial charge < -0.3 is 4.74 Å². The van der Waals surface area contributed by atoms with Crippen LogP contribution in [0.3, 0.4) is 0 Å². The summed E-state index contributed by atoms with van der Waals surface area (Å²) in [6.07, 6.45) is 6.46. The molecule has 0 aliphatic heterocycles. The van der Waals surface area contributed by atoms with Crippen LogP contribution in [0.2, 0.25) is 0 Å². The molecule has 1 aromatic rings. The minimum absolute atomic E-state index is 0.855. The summed E-state index contributed by atoms with van der Waals surface area (Å²) in [5.74, 6) is 1.04. The summed E-state index contributed by atoms with van der Waals surface area (Å²) in [6.45, 7) is 7.32. The van der Waals surface area contributed by atoms with E-state index in [1.54, 1.807) is 0 Å². The number of unbranched alkanes of at least 4 members (excludes halogenated alkanes) is 4. The van der Waals surface area contributed by atoms with E-state index >= 15 is 0 Å². The van der Waals surface area contributed by atoms with Gasteiger partial charge in [0.25, 0.3) is 0 Å². The van der Waals surface area contributed by atoms with Crippen molar-refractivity contribution in [1.29, 1.82) is 0 Å². The molecule has 1 rings (SSSR count). The zero-order chi connectivity index (χ0) is 11.8. The first-order valence-electron chi connectivity index (χ1n) is 6.44. The third kappa shape index (κ3) is 4.69. The molecule has 0 saturated carbocycles. The molecule has 1 aromatic carbocycles. The smallest absolute Gasteiger partial charge is 0.122 e. The number of aryl methyl sites for hydroxylation is 2.